The van der Waals surface area contributed by atoms with Gasteiger partial charge >= 0.3 is 0 Å². The lowest BCUT2D eigenvalue weighted by Gasteiger charge is -2.35. The van der Waals surface area contributed by atoms with Crippen LogP contribution in [-0.4, -0.2) is 67.1 Å². The average Bonchev–Trinajstić information content (AvgIpc) is 3.21. The molecule has 2 saturated heterocycles. The number of carbonyl (C=O) groups excluding carboxylic acids is 2. The Labute approximate surface area is 161 Å². The van der Waals surface area contributed by atoms with Gasteiger partial charge in [0.1, 0.15) is 11.9 Å². The number of hydrogen-bond donors (Lipinski definition) is 0. The Bertz CT molecular complexity index is 675. The van der Waals surface area contributed by atoms with Gasteiger partial charge in [-0.15, -0.1) is 0 Å². The van der Waals surface area contributed by atoms with Crippen LogP contribution in [0.3, 0.4) is 0 Å². The van der Waals surface area contributed by atoms with Crippen LogP contribution in [0.4, 0.5) is 0 Å². The minimum Gasteiger partial charge on any atom is -0.483 e. The van der Waals surface area contributed by atoms with Gasteiger partial charge in [-0.05, 0) is 42.9 Å². The molecule has 6 heteroatoms. The van der Waals surface area contributed by atoms with E-state index in [9.17, 15) is 9.59 Å². The molecule has 148 valence electrons. The third-order valence-corrected chi connectivity index (χ3v) is 5.38. The number of benzene rings is 1. The minimum absolute atomic E-state index is 0.0298. The molecule has 2 aliphatic rings. The quantitative estimate of drug-likeness (QED) is 0.794. The van der Waals surface area contributed by atoms with Gasteiger partial charge in [-0.2, -0.15) is 0 Å². The van der Waals surface area contributed by atoms with Crippen molar-refractivity contribution in [3.8, 4) is 5.75 Å². The summed E-state index contributed by atoms with van der Waals surface area (Å²) in [5, 5.41) is 0. The van der Waals surface area contributed by atoms with Crippen molar-refractivity contribution in [2.24, 2.45) is 0 Å². The highest BCUT2D eigenvalue weighted by Crippen LogP contribution is 2.24. The minimum atomic E-state index is -0.285. The largest absolute Gasteiger partial charge is 0.483 e. The zero-order chi connectivity index (χ0) is 19.4. The van der Waals surface area contributed by atoms with Gasteiger partial charge in [-0.25, -0.2) is 0 Å². The average molecular weight is 374 g/mol. The summed E-state index contributed by atoms with van der Waals surface area (Å²) < 4.78 is 11.3. The van der Waals surface area contributed by atoms with E-state index >= 15 is 0 Å². The zero-order valence-corrected chi connectivity index (χ0v) is 16.6. The molecule has 6 nitrogen and oxygen atoms in total. The van der Waals surface area contributed by atoms with E-state index < -0.39 is 0 Å². The van der Waals surface area contributed by atoms with Crippen LogP contribution in [-0.2, 0) is 14.3 Å². The monoisotopic (exact) mass is 374 g/mol. The molecule has 2 fully saturated rings. The molecule has 0 aromatic heterocycles. The van der Waals surface area contributed by atoms with Crippen LogP contribution in [0, 0.1) is 6.92 Å². The highest BCUT2D eigenvalue weighted by molar-refractivity contribution is 5.82. The fourth-order valence-corrected chi connectivity index (χ4v) is 3.51. The lowest BCUT2D eigenvalue weighted by atomic mass is 10.0. The molecule has 0 saturated carbocycles. The predicted octanol–water partition coefficient (Wildman–Crippen LogP) is 2.35. The summed E-state index contributed by atoms with van der Waals surface area (Å²) in [5.74, 6) is 1.21. The molecule has 0 spiro atoms. The number of hydrogen-bond acceptors (Lipinski definition) is 4. The Balaban J connectivity index is 1.48. The molecule has 2 amide bonds. The number of ether oxygens (including phenoxy) is 2. The normalized spacial score (nSPS) is 20.2. The standard InChI is InChI=1S/C21H30N2O4/c1-15(2)17-7-6-16(3)19(13-17)27-14-20(24)22-8-10-23(11-9-22)21(25)18-5-4-12-26-18/h6-7,13,15,18H,4-5,8-12,14H2,1-3H3. The van der Waals surface area contributed by atoms with Crippen molar-refractivity contribution in [1.29, 1.82) is 0 Å². The molecule has 1 unspecified atom stereocenters. The molecular formula is C21H30N2O4. The summed E-state index contributed by atoms with van der Waals surface area (Å²) in [6.07, 6.45) is 1.47. The van der Waals surface area contributed by atoms with E-state index in [-0.39, 0.29) is 24.5 Å². The van der Waals surface area contributed by atoms with Gasteiger partial charge in [0, 0.05) is 32.8 Å². The van der Waals surface area contributed by atoms with Crippen molar-refractivity contribution >= 4 is 11.8 Å². The molecule has 27 heavy (non-hydrogen) atoms. The maximum absolute atomic E-state index is 12.5. The first-order valence-electron chi connectivity index (χ1n) is 9.87. The fraction of sp³-hybridized carbons (Fsp3) is 0.619. The molecule has 1 aromatic carbocycles. The summed E-state index contributed by atoms with van der Waals surface area (Å²) >= 11 is 0. The van der Waals surface area contributed by atoms with Crippen molar-refractivity contribution in [1.82, 2.24) is 9.80 Å². The SMILES string of the molecule is Cc1ccc(C(C)C)cc1OCC(=O)N1CCN(C(=O)C2CCCO2)CC1. The van der Waals surface area contributed by atoms with Gasteiger partial charge in [0.15, 0.2) is 6.61 Å². The molecule has 2 heterocycles. The molecule has 3 rings (SSSR count). The van der Waals surface area contributed by atoms with Crippen molar-refractivity contribution < 1.29 is 19.1 Å². The molecule has 2 aliphatic heterocycles. The zero-order valence-electron chi connectivity index (χ0n) is 16.6. The molecule has 0 aliphatic carbocycles. The third kappa shape index (κ3) is 4.80. The van der Waals surface area contributed by atoms with Gasteiger partial charge < -0.3 is 19.3 Å². The number of rotatable bonds is 5. The number of carbonyl (C=O) groups is 2. The van der Waals surface area contributed by atoms with E-state index in [2.05, 4.69) is 19.9 Å². The Hall–Kier alpha value is -2.08. The first-order chi connectivity index (χ1) is 13.0. The van der Waals surface area contributed by atoms with E-state index in [0.717, 1.165) is 24.2 Å². The Kier molecular flexibility index (Phi) is 6.37. The summed E-state index contributed by atoms with van der Waals surface area (Å²) in [6.45, 7) is 9.18. The maximum atomic E-state index is 12.5. The van der Waals surface area contributed by atoms with Crippen molar-refractivity contribution in [3.05, 3.63) is 29.3 Å². The van der Waals surface area contributed by atoms with E-state index in [0.29, 0.717) is 38.7 Å². The highest BCUT2D eigenvalue weighted by atomic mass is 16.5. The van der Waals surface area contributed by atoms with Crippen LogP contribution < -0.4 is 4.74 Å². The van der Waals surface area contributed by atoms with E-state index in [1.54, 1.807) is 4.90 Å². The molecule has 0 bridgehead atoms. The second-order valence-electron chi connectivity index (χ2n) is 7.68. The highest BCUT2D eigenvalue weighted by Gasteiger charge is 2.31. The van der Waals surface area contributed by atoms with Crippen LogP contribution in [0.5, 0.6) is 5.75 Å². The van der Waals surface area contributed by atoms with Crippen LogP contribution in [0.15, 0.2) is 18.2 Å². The van der Waals surface area contributed by atoms with Gasteiger partial charge in [0.05, 0.1) is 0 Å². The number of piperazine rings is 1. The van der Waals surface area contributed by atoms with Crippen molar-refractivity contribution in [2.75, 3.05) is 39.4 Å². The van der Waals surface area contributed by atoms with E-state index in [1.165, 1.54) is 5.56 Å². The topological polar surface area (TPSA) is 59.1 Å². The molecular weight excluding hydrogens is 344 g/mol. The number of amides is 2. The lowest BCUT2D eigenvalue weighted by molar-refractivity contribution is -0.146. The number of nitrogens with zero attached hydrogens (tertiary/aromatic N) is 2. The lowest BCUT2D eigenvalue weighted by Crippen LogP contribution is -2.53. The third-order valence-electron chi connectivity index (χ3n) is 5.38. The first-order valence-corrected chi connectivity index (χ1v) is 9.87. The van der Waals surface area contributed by atoms with Crippen molar-refractivity contribution in [3.63, 3.8) is 0 Å². The van der Waals surface area contributed by atoms with Crippen LogP contribution >= 0.6 is 0 Å². The second-order valence-corrected chi connectivity index (χ2v) is 7.68. The summed E-state index contributed by atoms with van der Waals surface area (Å²) in [4.78, 5) is 28.5. The molecule has 1 aromatic rings. The molecule has 0 radical (unpaired) electrons. The van der Waals surface area contributed by atoms with Crippen LogP contribution in [0.25, 0.3) is 0 Å². The summed E-state index contributed by atoms with van der Waals surface area (Å²) in [7, 11) is 0. The van der Waals surface area contributed by atoms with Gasteiger partial charge in [0.2, 0.25) is 0 Å². The fourth-order valence-electron chi connectivity index (χ4n) is 3.51. The Morgan fingerprint density at radius 2 is 1.89 bits per heavy atom. The Morgan fingerprint density at radius 3 is 2.52 bits per heavy atom. The van der Waals surface area contributed by atoms with Gasteiger partial charge in [-0.1, -0.05) is 26.0 Å². The van der Waals surface area contributed by atoms with E-state index in [1.807, 2.05) is 24.0 Å². The van der Waals surface area contributed by atoms with Gasteiger partial charge in [0.25, 0.3) is 11.8 Å². The second kappa shape index (κ2) is 8.74. The Morgan fingerprint density at radius 1 is 1.19 bits per heavy atom. The number of aryl methyl sites for hydroxylation is 1. The van der Waals surface area contributed by atoms with Crippen molar-refractivity contribution in [2.45, 2.75) is 45.6 Å². The van der Waals surface area contributed by atoms with Crippen LogP contribution in [0.1, 0.15) is 43.7 Å². The predicted molar refractivity (Wildman–Crippen MR) is 103 cm³/mol. The van der Waals surface area contributed by atoms with Crippen LogP contribution in [0.2, 0.25) is 0 Å². The first kappa shape index (κ1) is 19.7. The van der Waals surface area contributed by atoms with E-state index in [4.69, 9.17) is 9.47 Å². The molecule has 1 atom stereocenters. The maximum Gasteiger partial charge on any atom is 0.260 e. The smallest absolute Gasteiger partial charge is 0.260 e. The van der Waals surface area contributed by atoms with Gasteiger partial charge in [-0.3, -0.25) is 9.59 Å². The summed E-state index contributed by atoms with van der Waals surface area (Å²) in [6, 6.07) is 6.15. The summed E-state index contributed by atoms with van der Waals surface area (Å²) in [5.41, 5.74) is 2.23. The molecule has 0 N–H and O–H groups in total.